The highest BCUT2D eigenvalue weighted by molar-refractivity contribution is 7.89. The van der Waals surface area contributed by atoms with Crippen molar-refractivity contribution in [1.29, 1.82) is 0 Å². The summed E-state index contributed by atoms with van der Waals surface area (Å²) in [5, 5.41) is 13.2. The van der Waals surface area contributed by atoms with E-state index in [0.717, 1.165) is 35.7 Å². The monoisotopic (exact) mass is 586 g/mol. The van der Waals surface area contributed by atoms with Crippen LogP contribution in [0.15, 0.2) is 59.5 Å². The lowest BCUT2D eigenvalue weighted by Gasteiger charge is -2.13. The minimum absolute atomic E-state index is 0.0808. The maximum atomic E-state index is 12.2. The van der Waals surface area contributed by atoms with Crippen molar-refractivity contribution < 1.29 is 17.9 Å². The first-order valence-electron chi connectivity index (χ1n) is 13.6. The summed E-state index contributed by atoms with van der Waals surface area (Å²) >= 11 is 0. The molecular formula is C29H30N8O4S. The van der Waals surface area contributed by atoms with Crippen molar-refractivity contribution in [2.45, 2.75) is 51.2 Å². The van der Waals surface area contributed by atoms with E-state index in [1.165, 1.54) is 6.07 Å². The third-order valence-corrected chi connectivity index (χ3v) is 7.60. The molecule has 3 heterocycles. The van der Waals surface area contributed by atoms with Crippen LogP contribution in [-0.4, -0.2) is 50.8 Å². The van der Waals surface area contributed by atoms with Gasteiger partial charge in [0.05, 0.1) is 23.5 Å². The van der Waals surface area contributed by atoms with Crippen LogP contribution in [-0.2, 0) is 16.6 Å². The van der Waals surface area contributed by atoms with Gasteiger partial charge in [0.25, 0.3) is 0 Å². The van der Waals surface area contributed by atoms with Crippen molar-refractivity contribution in [2.24, 2.45) is 5.14 Å². The van der Waals surface area contributed by atoms with Crippen LogP contribution < -0.4 is 19.9 Å². The molecule has 0 atom stereocenters. The highest BCUT2D eigenvalue weighted by atomic mass is 32.2. The molecule has 0 unspecified atom stereocenters. The van der Waals surface area contributed by atoms with E-state index in [1.807, 2.05) is 48.9 Å². The minimum Gasteiger partial charge on any atom is -0.492 e. The van der Waals surface area contributed by atoms with Crippen LogP contribution in [0, 0.1) is 13.8 Å². The number of nitrogens with zero attached hydrogens (tertiary/aromatic N) is 6. The number of fused-ring (bicyclic) bond motifs is 1. The van der Waals surface area contributed by atoms with Gasteiger partial charge >= 0.3 is 0 Å². The summed E-state index contributed by atoms with van der Waals surface area (Å²) in [4.78, 5) is 18.3. The van der Waals surface area contributed by atoms with Crippen molar-refractivity contribution in [3.8, 4) is 28.6 Å². The second-order valence-electron chi connectivity index (χ2n) is 10.0. The Balaban J connectivity index is 1.28. The molecule has 6 rings (SSSR count). The van der Waals surface area contributed by atoms with Gasteiger partial charge in [0.2, 0.25) is 21.9 Å². The van der Waals surface area contributed by atoms with Gasteiger partial charge in [-0.25, -0.2) is 33.2 Å². The fourth-order valence-corrected chi connectivity index (χ4v) is 5.22. The lowest BCUT2D eigenvalue weighted by atomic mass is 10.1. The van der Waals surface area contributed by atoms with E-state index in [2.05, 4.69) is 25.4 Å². The van der Waals surface area contributed by atoms with Crippen LogP contribution in [0.25, 0.3) is 28.0 Å². The van der Waals surface area contributed by atoms with Crippen molar-refractivity contribution >= 4 is 27.0 Å². The van der Waals surface area contributed by atoms with Gasteiger partial charge in [-0.1, -0.05) is 12.1 Å². The van der Waals surface area contributed by atoms with Gasteiger partial charge in [-0.3, -0.25) is 0 Å². The maximum absolute atomic E-state index is 12.2. The van der Waals surface area contributed by atoms with Gasteiger partial charge in [0.15, 0.2) is 5.52 Å². The number of sulfonamides is 1. The molecule has 1 fully saturated rings. The fourth-order valence-electron chi connectivity index (χ4n) is 4.52. The number of ether oxygens (including phenoxy) is 2. The molecule has 0 spiro atoms. The molecule has 0 bridgehead atoms. The largest absolute Gasteiger partial charge is 0.492 e. The zero-order valence-electron chi connectivity index (χ0n) is 23.4. The van der Waals surface area contributed by atoms with Crippen LogP contribution in [0.2, 0.25) is 0 Å². The number of benzene rings is 2. The topological polar surface area (TPSA) is 160 Å². The summed E-state index contributed by atoms with van der Waals surface area (Å²) in [6.07, 6.45) is 1.97. The molecule has 1 aliphatic carbocycles. The predicted octanol–water partition coefficient (Wildman–Crippen LogP) is 4.09. The summed E-state index contributed by atoms with van der Waals surface area (Å²) in [6.45, 7) is 6.37. The number of pyridine rings is 1. The molecule has 3 aromatic heterocycles. The summed E-state index contributed by atoms with van der Waals surface area (Å²) in [6, 6.07) is 16.4. The Bertz CT molecular complexity index is 1890. The van der Waals surface area contributed by atoms with E-state index >= 15 is 0 Å². The molecule has 0 radical (unpaired) electrons. The van der Waals surface area contributed by atoms with Crippen molar-refractivity contribution in [3.63, 3.8) is 0 Å². The maximum Gasteiger partial charge on any atom is 0.245 e. The lowest BCUT2D eigenvalue weighted by molar-refractivity contribution is 0.294. The summed E-state index contributed by atoms with van der Waals surface area (Å²) in [7, 11) is -4.01. The van der Waals surface area contributed by atoms with Crippen molar-refractivity contribution in [3.05, 3.63) is 71.8 Å². The zero-order valence-corrected chi connectivity index (χ0v) is 24.2. The smallest absolute Gasteiger partial charge is 0.245 e. The number of nitrogens with one attached hydrogen (secondary N) is 1. The van der Waals surface area contributed by atoms with Crippen LogP contribution in [0.4, 0.5) is 5.95 Å². The molecule has 12 nitrogen and oxygen atoms in total. The highest BCUT2D eigenvalue weighted by Gasteiger charge is 2.26. The number of anilines is 1. The zero-order chi connectivity index (χ0) is 29.4. The Hall–Kier alpha value is -4.62. The van der Waals surface area contributed by atoms with E-state index in [1.54, 1.807) is 25.1 Å². The average Bonchev–Trinajstić information content (AvgIpc) is 3.72. The predicted molar refractivity (Wildman–Crippen MR) is 157 cm³/mol. The Kier molecular flexibility index (Phi) is 7.21. The molecule has 216 valence electrons. The van der Waals surface area contributed by atoms with E-state index in [-0.39, 0.29) is 16.7 Å². The lowest BCUT2D eigenvalue weighted by Crippen LogP contribution is -2.14. The van der Waals surface area contributed by atoms with Gasteiger partial charge in [0.1, 0.15) is 28.4 Å². The normalized spacial score (nSPS) is 13.3. The Morgan fingerprint density at radius 3 is 2.45 bits per heavy atom. The van der Waals surface area contributed by atoms with Gasteiger partial charge < -0.3 is 14.8 Å². The molecule has 3 N–H and O–H groups in total. The van der Waals surface area contributed by atoms with Crippen LogP contribution in [0.1, 0.15) is 37.0 Å². The second kappa shape index (κ2) is 11.0. The number of hydrogen-bond acceptors (Lipinski definition) is 10. The number of rotatable bonds is 10. The van der Waals surface area contributed by atoms with Crippen LogP contribution in [0.3, 0.4) is 0 Å². The molecule has 0 aliphatic heterocycles. The molecule has 2 aromatic carbocycles. The third kappa shape index (κ3) is 5.87. The number of nitrogens with two attached hydrogens (primary N) is 1. The number of aryl methyl sites for hydroxylation is 2. The SMILES string of the molecule is CCOc1ccc(-c2ccc3nc(NCc4ccc(-n5nc(C)nc5C)cc4)nc(OC4CC4)c3n2)cc1S(N)(=O)=O. The Labute approximate surface area is 243 Å². The summed E-state index contributed by atoms with van der Waals surface area (Å²) in [5.41, 5.74) is 4.14. The van der Waals surface area contributed by atoms with Crippen LogP contribution >= 0.6 is 0 Å². The molecule has 0 saturated heterocycles. The molecule has 5 aromatic rings. The molecular weight excluding hydrogens is 556 g/mol. The Morgan fingerprint density at radius 2 is 1.79 bits per heavy atom. The van der Waals surface area contributed by atoms with Gasteiger partial charge in [-0.2, -0.15) is 10.1 Å². The van der Waals surface area contributed by atoms with E-state index in [4.69, 9.17) is 19.6 Å². The first-order valence-corrected chi connectivity index (χ1v) is 15.1. The molecule has 13 heteroatoms. The fraction of sp³-hybridized carbons (Fsp3) is 0.276. The van der Waals surface area contributed by atoms with Crippen molar-refractivity contribution in [2.75, 3.05) is 11.9 Å². The summed E-state index contributed by atoms with van der Waals surface area (Å²) in [5.74, 6) is 2.54. The number of hydrogen-bond donors (Lipinski definition) is 2. The molecule has 0 amide bonds. The highest BCUT2D eigenvalue weighted by Crippen LogP contribution is 2.33. The van der Waals surface area contributed by atoms with Crippen LogP contribution in [0.5, 0.6) is 11.6 Å². The van der Waals surface area contributed by atoms with E-state index < -0.39 is 10.0 Å². The minimum atomic E-state index is -4.01. The van der Waals surface area contributed by atoms with Gasteiger partial charge in [-0.15, -0.1) is 0 Å². The molecule has 42 heavy (non-hydrogen) atoms. The molecule has 1 aliphatic rings. The third-order valence-electron chi connectivity index (χ3n) is 6.67. The number of primary sulfonamides is 1. The first-order chi connectivity index (χ1) is 20.2. The second-order valence-corrected chi connectivity index (χ2v) is 11.5. The molecule has 1 saturated carbocycles. The first kappa shape index (κ1) is 27.5. The summed E-state index contributed by atoms with van der Waals surface area (Å²) < 4.78 is 37.9. The van der Waals surface area contributed by atoms with Gasteiger partial charge in [0, 0.05) is 12.1 Å². The number of aromatic nitrogens is 6. The van der Waals surface area contributed by atoms with E-state index in [0.29, 0.717) is 47.3 Å². The van der Waals surface area contributed by atoms with Gasteiger partial charge in [-0.05, 0) is 81.6 Å². The standard InChI is InChI=1S/C29H30N8O4S/c1-4-40-25-14-7-20(15-26(25)42(30,38)39)23-12-13-24-27(33-23)28(41-22-10-11-22)35-29(34-24)31-16-19-5-8-21(9-6-19)37-18(3)32-17(2)36-37/h5-9,12-15,22H,4,10-11,16H2,1-3H3,(H2,30,38,39)(H,31,34,35). The quantitative estimate of drug-likeness (QED) is 0.244. The van der Waals surface area contributed by atoms with E-state index in [9.17, 15) is 8.42 Å². The van der Waals surface area contributed by atoms with Crippen molar-refractivity contribution in [1.82, 2.24) is 29.7 Å². The average molecular weight is 587 g/mol. The Morgan fingerprint density at radius 1 is 1.00 bits per heavy atom.